The number of aromatic amines is 1. The summed E-state index contributed by atoms with van der Waals surface area (Å²) in [6.07, 6.45) is 1.25. The van der Waals surface area contributed by atoms with Gasteiger partial charge >= 0.3 is 5.97 Å². The summed E-state index contributed by atoms with van der Waals surface area (Å²) in [4.78, 5) is 23.0. The normalized spacial score (nSPS) is 10.2. The van der Waals surface area contributed by atoms with E-state index in [-0.39, 0.29) is 5.56 Å². The molecule has 1 aromatic heterocycles. The molecule has 0 saturated heterocycles. The average Bonchev–Trinajstić information content (AvgIpc) is 2.71. The summed E-state index contributed by atoms with van der Waals surface area (Å²) in [7, 11) is 1.19. The van der Waals surface area contributed by atoms with Gasteiger partial charge < -0.3 is 4.74 Å². The van der Waals surface area contributed by atoms with E-state index < -0.39 is 17.3 Å². The smallest absolute Gasteiger partial charge is 0.345 e. The second-order valence-corrected chi connectivity index (χ2v) is 3.30. The third-order valence-electron chi connectivity index (χ3n) is 2.26. The minimum Gasteiger partial charge on any atom is -0.465 e. The molecule has 2 aromatic rings. The zero-order valence-corrected chi connectivity index (χ0v) is 8.94. The van der Waals surface area contributed by atoms with Crippen molar-refractivity contribution < 1.29 is 13.9 Å². The van der Waals surface area contributed by atoms with E-state index in [1.165, 1.54) is 37.6 Å². The van der Waals surface area contributed by atoms with Crippen LogP contribution < -0.4 is 5.56 Å². The van der Waals surface area contributed by atoms with Crippen LogP contribution in [-0.4, -0.2) is 22.9 Å². The molecule has 0 atom stereocenters. The van der Waals surface area contributed by atoms with Crippen LogP contribution in [0, 0.1) is 5.82 Å². The first-order valence-corrected chi connectivity index (χ1v) is 4.78. The number of carbonyl (C=O) groups is 1. The standard InChI is InChI=1S/C11H9FN2O3/c1-17-11(16)9-6-13-14(10(9)15)8-4-2-7(12)3-5-8/h2-6,13H,1H3. The Morgan fingerprint density at radius 3 is 2.59 bits per heavy atom. The molecule has 1 N–H and O–H groups in total. The summed E-state index contributed by atoms with van der Waals surface area (Å²) in [5.74, 6) is -1.12. The molecular weight excluding hydrogens is 227 g/mol. The van der Waals surface area contributed by atoms with Crippen molar-refractivity contribution in [2.24, 2.45) is 0 Å². The molecule has 88 valence electrons. The molecule has 0 amide bonds. The van der Waals surface area contributed by atoms with Crippen LogP contribution in [0.25, 0.3) is 5.69 Å². The van der Waals surface area contributed by atoms with Gasteiger partial charge in [0, 0.05) is 6.20 Å². The molecule has 0 spiro atoms. The summed E-state index contributed by atoms with van der Waals surface area (Å²) < 4.78 is 18.3. The van der Waals surface area contributed by atoms with E-state index in [0.717, 1.165) is 4.68 Å². The summed E-state index contributed by atoms with van der Waals surface area (Å²) in [5.41, 5.74) is -0.202. The second kappa shape index (κ2) is 4.25. The minimum atomic E-state index is -0.716. The van der Waals surface area contributed by atoms with Gasteiger partial charge in [-0.05, 0) is 24.3 Å². The summed E-state index contributed by atoms with van der Waals surface area (Å²) in [6, 6.07) is 5.30. The maximum absolute atomic E-state index is 12.7. The molecule has 0 aliphatic carbocycles. The third-order valence-corrected chi connectivity index (χ3v) is 2.26. The van der Waals surface area contributed by atoms with Crippen LogP contribution in [0.15, 0.2) is 35.3 Å². The van der Waals surface area contributed by atoms with Crippen LogP contribution in [0.3, 0.4) is 0 Å². The highest BCUT2D eigenvalue weighted by molar-refractivity contribution is 5.88. The van der Waals surface area contributed by atoms with E-state index in [0.29, 0.717) is 5.69 Å². The molecule has 0 unspecified atom stereocenters. The van der Waals surface area contributed by atoms with Crippen molar-refractivity contribution in [2.75, 3.05) is 7.11 Å². The van der Waals surface area contributed by atoms with Crippen molar-refractivity contribution in [3.05, 3.63) is 52.2 Å². The predicted octanol–water partition coefficient (Wildman–Crippen LogP) is 1.09. The summed E-state index contributed by atoms with van der Waals surface area (Å²) >= 11 is 0. The molecule has 0 radical (unpaired) electrons. The number of ether oxygens (including phenoxy) is 1. The lowest BCUT2D eigenvalue weighted by molar-refractivity contribution is 0.0599. The highest BCUT2D eigenvalue weighted by Crippen LogP contribution is 2.06. The van der Waals surface area contributed by atoms with E-state index in [9.17, 15) is 14.0 Å². The van der Waals surface area contributed by atoms with Crippen LogP contribution >= 0.6 is 0 Å². The van der Waals surface area contributed by atoms with Crippen LogP contribution in [0.5, 0.6) is 0 Å². The molecule has 0 bridgehead atoms. The van der Waals surface area contributed by atoms with Gasteiger partial charge in [-0.1, -0.05) is 0 Å². The SMILES string of the molecule is COC(=O)c1c[nH]n(-c2ccc(F)cc2)c1=O. The minimum absolute atomic E-state index is 0.100. The van der Waals surface area contributed by atoms with Gasteiger partial charge in [-0.25, -0.2) is 13.9 Å². The van der Waals surface area contributed by atoms with Crippen LogP contribution in [-0.2, 0) is 4.74 Å². The number of halogens is 1. The van der Waals surface area contributed by atoms with E-state index in [2.05, 4.69) is 9.84 Å². The molecule has 0 saturated carbocycles. The highest BCUT2D eigenvalue weighted by Gasteiger charge is 2.15. The second-order valence-electron chi connectivity index (χ2n) is 3.30. The van der Waals surface area contributed by atoms with Gasteiger partial charge in [0.2, 0.25) is 0 Å². The van der Waals surface area contributed by atoms with Crippen molar-refractivity contribution in [3.63, 3.8) is 0 Å². The van der Waals surface area contributed by atoms with Gasteiger partial charge in [0.1, 0.15) is 11.4 Å². The number of hydrogen-bond acceptors (Lipinski definition) is 3. The maximum Gasteiger partial charge on any atom is 0.345 e. The first kappa shape index (κ1) is 11.1. The number of rotatable bonds is 2. The van der Waals surface area contributed by atoms with E-state index in [1.54, 1.807) is 0 Å². The number of H-pyrrole nitrogens is 1. The Morgan fingerprint density at radius 1 is 1.35 bits per heavy atom. The topological polar surface area (TPSA) is 64.1 Å². The lowest BCUT2D eigenvalue weighted by atomic mass is 10.3. The molecule has 1 aromatic carbocycles. The number of methoxy groups -OCH3 is 1. The monoisotopic (exact) mass is 236 g/mol. The largest absolute Gasteiger partial charge is 0.465 e. The average molecular weight is 236 g/mol. The molecule has 0 aliphatic heterocycles. The number of esters is 1. The number of nitrogens with zero attached hydrogens (tertiary/aromatic N) is 1. The van der Waals surface area contributed by atoms with Crippen molar-refractivity contribution in [3.8, 4) is 5.69 Å². The fourth-order valence-electron chi connectivity index (χ4n) is 1.41. The fourth-order valence-corrected chi connectivity index (χ4v) is 1.41. The molecule has 1 heterocycles. The van der Waals surface area contributed by atoms with Gasteiger partial charge in [-0.2, -0.15) is 0 Å². The molecule has 17 heavy (non-hydrogen) atoms. The molecular formula is C11H9FN2O3. The highest BCUT2D eigenvalue weighted by atomic mass is 19.1. The quantitative estimate of drug-likeness (QED) is 0.794. The van der Waals surface area contributed by atoms with Crippen molar-refractivity contribution >= 4 is 5.97 Å². The Kier molecular flexibility index (Phi) is 2.78. The zero-order valence-electron chi connectivity index (χ0n) is 8.94. The Morgan fingerprint density at radius 2 is 2.00 bits per heavy atom. The van der Waals surface area contributed by atoms with Gasteiger partial charge in [0.25, 0.3) is 5.56 Å². The number of aromatic nitrogens is 2. The predicted molar refractivity (Wildman–Crippen MR) is 57.7 cm³/mol. The van der Waals surface area contributed by atoms with Gasteiger partial charge in [0.05, 0.1) is 12.8 Å². The number of benzene rings is 1. The van der Waals surface area contributed by atoms with Crippen molar-refractivity contribution in [1.82, 2.24) is 9.78 Å². The summed E-state index contributed by atoms with van der Waals surface area (Å²) in [5, 5.41) is 2.61. The van der Waals surface area contributed by atoms with Crippen LogP contribution in [0.4, 0.5) is 4.39 Å². The molecule has 6 heteroatoms. The Labute approximate surface area is 95.4 Å². The van der Waals surface area contributed by atoms with Gasteiger partial charge in [0.15, 0.2) is 0 Å². The van der Waals surface area contributed by atoms with E-state index in [4.69, 9.17) is 0 Å². The Bertz CT molecular complexity index is 598. The lowest BCUT2D eigenvalue weighted by Gasteiger charge is -2.00. The summed E-state index contributed by atoms with van der Waals surface area (Å²) in [6.45, 7) is 0. The van der Waals surface area contributed by atoms with Crippen LogP contribution in [0.2, 0.25) is 0 Å². The maximum atomic E-state index is 12.7. The number of hydrogen-bond donors (Lipinski definition) is 1. The van der Waals surface area contributed by atoms with E-state index >= 15 is 0 Å². The number of carbonyl (C=O) groups excluding carboxylic acids is 1. The van der Waals surface area contributed by atoms with Crippen LogP contribution in [0.1, 0.15) is 10.4 Å². The molecule has 2 rings (SSSR count). The first-order chi connectivity index (χ1) is 8.13. The van der Waals surface area contributed by atoms with Gasteiger partial charge in [-0.3, -0.25) is 9.89 Å². The molecule has 0 fully saturated rings. The Hall–Kier alpha value is -2.37. The Balaban J connectivity index is 2.48. The zero-order chi connectivity index (χ0) is 12.4. The van der Waals surface area contributed by atoms with Crippen molar-refractivity contribution in [2.45, 2.75) is 0 Å². The first-order valence-electron chi connectivity index (χ1n) is 4.78. The number of nitrogens with one attached hydrogen (secondary N) is 1. The molecule has 5 nitrogen and oxygen atoms in total. The lowest BCUT2D eigenvalue weighted by Crippen LogP contribution is -2.20. The fraction of sp³-hybridized carbons (Fsp3) is 0.0909. The third kappa shape index (κ3) is 1.96. The van der Waals surface area contributed by atoms with Crippen molar-refractivity contribution in [1.29, 1.82) is 0 Å². The van der Waals surface area contributed by atoms with E-state index in [1.807, 2.05) is 0 Å². The van der Waals surface area contributed by atoms with Gasteiger partial charge in [-0.15, -0.1) is 0 Å². The molecule has 0 aliphatic rings.